The van der Waals surface area contributed by atoms with Crippen LogP contribution in [0.4, 0.5) is 0 Å². The van der Waals surface area contributed by atoms with Gasteiger partial charge in [-0.2, -0.15) is 0 Å². The normalized spacial score (nSPS) is 17.1. The van der Waals surface area contributed by atoms with Crippen molar-refractivity contribution in [2.45, 2.75) is 31.9 Å². The fourth-order valence-corrected chi connectivity index (χ4v) is 2.84. The molecule has 23 heavy (non-hydrogen) atoms. The Morgan fingerprint density at radius 3 is 2.70 bits per heavy atom. The van der Waals surface area contributed by atoms with E-state index in [1.54, 1.807) is 6.20 Å². The highest BCUT2D eigenvalue weighted by Crippen LogP contribution is 2.16. The standard InChI is InChI=1S/C19H22N2O2/c22-19(18-10-6-14-23-18)21(15-17-9-4-5-12-20-17)13-11-16-7-2-1-3-8-16/h1-5,7-9,12,18H,6,10-11,13-15H2/t18-/m0/s1. The smallest absolute Gasteiger partial charge is 0.252 e. The predicted molar refractivity (Wildman–Crippen MR) is 88.8 cm³/mol. The van der Waals surface area contributed by atoms with Gasteiger partial charge in [0.1, 0.15) is 6.10 Å². The molecule has 1 aliphatic rings. The van der Waals surface area contributed by atoms with Crippen LogP contribution in [-0.4, -0.2) is 35.0 Å². The van der Waals surface area contributed by atoms with Crippen LogP contribution < -0.4 is 0 Å². The summed E-state index contributed by atoms with van der Waals surface area (Å²) in [6.45, 7) is 1.90. The van der Waals surface area contributed by atoms with Crippen LogP contribution in [0.15, 0.2) is 54.7 Å². The van der Waals surface area contributed by atoms with Crippen LogP contribution in [0.1, 0.15) is 24.1 Å². The summed E-state index contributed by atoms with van der Waals surface area (Å²) in [5.74, 6) is 0.0871. The lowest BCUT2D eigenvalue weighted by molar-refractivity contribution is -0.141. The molecule has 1 fully saturated rings. The quantitative estimate of drug-likeness (QED) is 0.824. The first-order valence-corrected chi connectivity index (χ1v) is 8.17. The van der Waals surface area contributed by atoms with Crippen LogP contribution in [0.3, 0.4) is 0 Å². The zero-order chi connectivity index (χ0) is 15.9. The van der Waals surface area contributed by atoms with Gasteiger partial charge in [0, 0.05) is 19.3 Å². The second-order valence-corrected chi connectivity index (χ2v) is 5.82. The average molecular weight is 310 g/mol. The molecule has 1 atom stereocenters. The average Bonchev–Trinajstić information content (AvgIpc) is 3.14. The number of carbonyl (C=O) groups excluding carboxylic acids is 1. The Balaban J connectivity index is 1.68. The summed E-state index contributed by atoms with van der Waals surface area (Å²) in [5.41, 5.74) is 2.14. The van der Waals surface area contributed by atoms with Crippen molar-refractivity contribution in [1.29, 1.82) is 0 Å². The van der Waals surface area contributed by atoms with Crippen molar-refractivity contribution in [3.8, 4) is 0 Å². The van der Waals surface area contributed by atoms with Crippen molar-refractivity contribution < 1.29 is 9.53 Å². The summed E-state index contributed by atoms with van der Waals surface area (Å²) in [6.07, 6.45) is 4.11. The minimum Gasteiger partial charge on any atom is -0.368 e. The van der Waals surface area contributed by atoms with E-state index in [1.807, 2.05) is 41.3 Å². The molecule has 0 N–H and O–H groups in total. The first-order chi connectivity index (χ1) is 11.3. The molecule has 0 saturated carbocycles. The monoisotopic (exact) mass is 310 g/mol. The van der Waals surface area contributed by atoms with Gasteiger partial charge in [0.05, 0.1) is 12.2 Å². The van der Waals surface area contributed by atoms with Gasteiger partial charge in [0.25, 0.3) is 5.91 Å². The number of aromatic nitrogens is 1. The molecule has 1 saturated heterocycles. The highest BCUT2D eigenvalue weighted by Gasteiger charge is 2.28. The van der Waals surface area contributed by atoms with Gasteiger partial charge in [0.15, 0.2) is 0 Å². The number of nitrogens with zero attached hydrogens (tertiary/aromatic N) is 2. The number of hydrogen-bond donors (Lipinski definition) is 0. The van der Waals surface area contributed by atoms with E-state index < -0.39 is 0 Å². The maximum atomic E-state index is 12.7. The molecule has 3 rings (SSSR count). The lowest BCUT2D eigenvalue weighted by Gasteiger charge is -2.25. The van der Waals surface area contributed by atoms with Crippen LogP contribution in [0.5, 0.6) is 0 Å². The van der Waals surface area contributed by atoms with E-state index in [1.165, 1.54) is 5.56 Å². The van der Waals surface area contributed by atoms with Crippen LogP contribution >= 0.6 is 0 Å². The third-order valence-corrected chi connectivity index (χ3v) is 4.11. The van der Waals surface area contributed by atoms with Gasteiger partial charge in [-0.05, 0) is 37.0 Å². The summed E-state index contributed by atoms with van der Waals surface area (Å²) in [5, 5.41) is 0. The van der Waals surface area contributed by atoms with Crippen LogP contribution in [0.25, 0.3) is 0 Å². The molecule has 1 aliphatic heterocycles. The highest BCUT2D eigenvalue weighted by atomic mass is 16.5. The molecule has 0 aliphatic carbocycles. The Bertz CT molecular complexity index is 610. The van der Waals surface area contributed by atoms with Crippen molar-refractivity contribution in [3.63, 3.8) is 0 Å². The second kappa shape index (κ2) is 7.88. The SMILES string of the molecule is O=C([C@@H]1CCCO1)N(CCc1ccccc1)Cc1ccccn1. The molecule has 1 amide bonds. The molecular formula is C19H22N2O2. The minimum absolute atomic E-state index is 0.0871. The molecule has 1 aromatic heterocycles. The number of rotatable bonds is 6. The zero-order valence-corrected chi connectivity index (χ0v) is 13.2. The second-order valence-electron chi connectivity index (χ2n) is 5.82. The highest BCUT2D eigenvalue weighted by molar-refractivity contribution is 5.81. The van der Waals surface area contributed by atoms with Gasteiger partial charge < -0.3 is 9.64 Å². The van der Waals surface area contributed by atoms with E-state index in [-0.39, 0.29) is 12.0 Å². The minimum atomic E-state index is -0.283. The lowest BCUT2D eigenvalue weighted by atomic mass is 10.1. The van der Waals surface area contributed by atoms with Crippen LogP contribution in [0, 0.1) is 0 Å². The van der Waals surface area contributed by atoms with Crippen molar-refractivity contribution in [2.24, 2.45) is 0 Å². The summed E-state index contributed by atoms with van der Waals surface area (Å²) in [6, 6.07) is 16.0. The Morgan fingerprint density at radius 1 is 1.17 bits per heavy atom. The number of hydrogen-bond acceptors (Lipinski definition) is 3. The van der Waals surface area contributed by atoms with Crippen molar-refractivity contribution in [2.75, 3.05) is 13.2 Å². The van der Waals surface area contributed by atoms with Crippen molar-refractivity contribution in [3.05, 3.63) is 66.0 Å². The Kier molecular flexibility index (Phi) is 5.37. The van der Waals surface area contributed by atoms with E-state index in [4.69, 9.17) is 4.74 Å². The maximum Gasteiger partial charge on any atom is 0.252 e. The third-order valence-electron chi connectivity index (χ3n) is 4.11. The van der Waals surface area contributed by atoms with E-state index in [2.05, 4.69) is 17.1 Å². The fourth-order valence-electron chi connectivity index (χ4n) is 2.84. The molecule has 1 aromatic carbocycles. The van der Waals surface area contributed by atoms with Gasteiger partial charge in [-0.25, -0.2) is 0 Å². The van der Waals surface area contributed by atoms with Crippen molar-refractivity contribution in [1.82, 2.24) is 9.88 Å². The number of benzene rings is 1. The number of pyridine rings is 1. The molecule has 4 heteroatoms. The molecule has 0 unspecified atom stereocenters. The largest absolute Gasteiger partial charge is 0.368 e. The molecule has 120 valence electrons. The molecule has 0 bridgehead atoms. The van der Waals surface area contributed by atoms with E-state index in [0.717, 1.165) is 25.0 Å². The van der Waals surface area contributed by atoms with E-state index >= 15 is 0 Å². The molecule has 0 spiro atoms. The number of ether oxygens (including phenoxy) is 1. The van der Waals surface area contributed by atoms with Gasteiger partial charge in [-0.1, -0.05) is 36.4 Å². The third kappa shape index (κ3) is 4.39. The van der Waals surface area contributed by atoms with E-state index in [0.29, 0.717) is 19.7 Å². The lowest BCUT2D eigenvalue weighted by Crippen LogP contribution is -2.39. The van der Waals surface area contributed by atoms with Gasteiger partial charge in [-0.15, -0.1) is 0 Å². The summed E-state index contributed by atoms with van der Waals surface area (Å²) in [4.78, 5) is 19.0. The summed E-state index contributed by atoms with van der Waals surface area (Å²) >= 11 is 0. The molecule has 2 heterocycles. The summed E-state index contributed by atoms with van der Waals surface area (Å²) in [7, 11) is 0. The van der Waals surface area contributed by atoms with Crippen LogP contribution in [0.2, 0.25) is 0 Å². The Labute approximate surface area is 137 Å². The first-order valence-electron chi connectivity index (χ1n) is 8.17. The molecule has 4 nitrogen and oxygen atoms in total. The fraction of sp³-hybridized carbons (Fsp3) is 0.368. The van der Waals surface area contributed by atoms with Gasteiger partial charge >= 0.3 is 0 Å². The van der Waals surface area contributed by atoms with Gasteiger partial charge in [0.2, 0.25) is 0 Å². The first kappa shape index (κ1) is 15.7. The number of carbonyl (C=O) groups is 1. The van der Waals surface area contributed by atoms with Gasteiger partial charge in [-0.3, -0.25) is 9.78 Å². The van der Waals surface area contributed by atoms with Crippen molar-refractivity contribution >= 4 is 5.91 Å². The zero-order valence-electron chi connectivity index (χ0n) is 13.2. The maximum absolute atomic E-state index is 12.7. The van der Waals surface area contributed by atoms with E-state index in [9.17, 15) is 4.79 Å². The number of amides is 1. The molecule has 0 radical (unpaired) electrons. The molecular weight excluding hydrogens is 288 g/mol. The molecule has 2 aromatic rings. The Hall–Kier alpha value is -2.20. The summed E-state index contributed by atoms with van der Waals surface area (Å²) < 4.78 is 5.57. The van der Waals surface area contributed by atoms with Crippen LogP contribution in [-0.2, 0) is 22.5 Å². The topological polar surface area (TPSA) is 42.4 Å². The Morgan fingerprint density at radius 2 is 2.00 bits per heavy atom. The predicted octanol–water partition coefficient (Wildman–Crippen LogP) is 2.83.